The van der Waals surface area contributed by atoms with Gasteiger partial charge in [0, 0.05) is 29.9 Å². The summed E-state index contributed by atoms with van der Waals surface area (Å²) in [6, 6.07) is 23.8. The van der Waals surface area contributed by atoms with Crippen LogP contribution in [-0.2, 0) is 22.6 Å². The fourth-order valence-electron chi connectivity index (χ4n) is 4.05. The van der Waals surface area contributed by atoms with Crippen LogP contribution in [0.3, 0.4) is 0 Å². The van der Waals surface area contributed by atoms with E-state index in [0.29, 0.717) is 30.2 Å². The van der Waals surface area contributed by atoms with E-state index in [1.165, 1.54) is 0 Å². The number of nitrogens with one attached hydrogen (secondary N) is 1. The Bertz CT molecular complexity index is 1180. The molecular formula is C31H37ClN2O4. The van der Waals surface area contributed by atoms with Crippen molar-refractivity contribution in [3.05, 3.63) is 95.0 Å². The molecule has 0 aliphatic carbocycles. The zero-order valence-corrected chi connectivity index (χ0v) is 23.3. The van der Waals surface area contributed by atoms with Gasteiger partial charge < -0.3 is 19.7 Å². The van der Waals surface area contributed by atoms with Crippen LogP contribution in [0.1, 0.15) is 44.7 Å². The Morgan fingerprint density at radius 1 is 0.921 bits per heavy atom. The molecule has 3 rings (SSSR count). The summed E-state index contributed by atoms with van der Waals surface area (Å²) < 4.78 is 11.0. The number of carbonyl (C=O) groups is 2. The van der Waals surface area contributed by atoms with Gasteiger partial charge in [-0.05, 0) is 68.7 Å². The van der Waals surface area contributed by atoms with Crippen molar-refractivity contribution in [2.45, 2.75) is 58.2 Å². The van der Waals surface area contributed by atoms with E-state index in [2.05, 4.69) is 5.32 Å². The van der Waals surface area contributed by atoms with Crippen LogP contribution in [0, 0.1) is 0 Å². The van der Waals surface area contributed by atoms with Gasteiger partial charge in [-0.2, -0.15) is 0 Å². The Hall–Kier alpha value is -3.51. The molecular weight excluding hydrogens is 500 g/mol. The number of amides is 2. The Labute approximate surface area is 230 Å². The highest BCUT2D eigenvalue weighted by Gasteiger charge is 2.32. The van der Waals surface area contributed by atoms with Gasteiger partial charge in [0.1, 0.15) is 17.5 Å². The predicted molar refractivity (Wildman–Crippen MR) is 152 cm³/mol. The lowest BCUT2D eigenvalue weighted by atomic mass is 10.00. The second-order valence-corrected chi connectivity index (χ2v) is 10.6. The molecule has 1 atom stereocenters. The third-order valence-electron chi connectivity index (χ3n) is 5.93. The molecule has 2 amide bonds. The van der Waals surface area contributed by atoms with Gasteiger partial charge in [0.2, 0.25) is 11.8 Å². The van der Waals surface area contributed by atoms with Crippen LogP contribution in [0.2, 0.25) is 5.02 Å². The largest absolute Gasteiger partial charge is 0.497 e. The van der Waals surface area contributed by atoms with Gasteiger partial charge in [0.05, 0.1) is 13.7 Å². The maximum atomic E-state index is 13.7. The summed E-state index contributed by atoms with van der Waals surface area (Å²) in [5, 5.41) is 3.63. The van der Waals surface area contributed by atoms with E-state index in [-0.39, 0.29) is 24.8 Å². The van der Waals surface area contributed by atoms with Gasteiger partial charge in [0.25, 0.3) is 0 Å². The van der Waals surface area contributed by atoms with Crippen molar-refractivity contribution < 1.29 is 19.1 Å². The van der Waals surface area contributed by atoms with Crippen LogP contribution in [-0.4, -0.2) is 42.0 Å². The van der Waals surface area contributed by atoms with Crippen molar-refractivity contribution >= 4 is 23.4 Å². The average molecular weight is 537 g/mol. The second kappa shape index (κ2) is 13.9. The number of rotatable bonds is 12. The molecule has 0 radical (unpaired) electrons. The van der Waals surface area contributed by atoms with E-state index in [9.17, 15) is 9.59 Å². The Morgan fingerprint density at radius 2 is 1.55 bits per heavy atom. The number of hydrogen-bond donors (Lipinski definition) is 1. The minimum Gasteiger partial charge on any atom is -0.497 e. The summed E-state index contributed by atoms with van der Waals surface area (Å²) in [4.78, 5) is 28.9. The van der Waals surface area contributed by atoms with Crippen LogP contribution in [0.25, 0.3) is 0 Å². The molecule has 3 aromatic rings. The predicted octanol–water partition coefficient (Wildman–Crippen LogP) is 6.06. The van der Waals surface area contributed by atoms with E-state index in [4.69, 9.17) is 21.1 Å². The number of halogens is 1. The van der Waals surface area contributed by atoms with E-state index in [1.54, 1.807) is 18.1 Å². The lowest BCUT2D eigenvalue weighted by Crippen LogP contribution is -2.54. The van der Waals surface area contributed by atoms with Crippen molar-refractivity contribution in [3.8, 4) is 11.5 Å². The highest BCUT2D eigenvalue weighted by Crippen LogP contribution is 2.22. The minimum absolute atomic E-state index is 0.131. The maximum absolute atomic E-state index is 13.7. The van der Waals surface area contributed by atoms with Crippen molar-refractivity contribution in [2.24, 2.45) is 0 Å². The molecule has 0 unspecified atom stereocenters. The van der Waals surface area contributed by atoms with Crippen LogP contribution in [0.5, 0.6) is 11.5 Å². The fraction of sp³-hybridized carbons (Fsp3) is 0.355. The van der Waals surface area contributed by atoms with Gasteiger partial charge in [-0.1, -0.05) is 60.1 Å². The molecule has 0 heterocycles. The van der Waals surface area contributed by atoms with Gasteiger partial charge in [-0.15, -0.1) is 0 Å². The van der Waals surface area contributed by atoms with E-state index in [1.807, 2.05) is 93.6 Å². The van der Waals surface area contributed by atoms with Crippen molar-refractivity contribution in [3.63, 3.8) is 0 Å². The molecule has 0 saturated heterocycles. The van der Waals surface area contributed by atoms with Crippen LogP contribution in [0.15, 0.2) is 78.9 Å². The van der Waals surface area contributed by atoms with Crippen molar-refractivity contribution in [2.75, 3.05) is 13.7 Å². The highest BCUT2D eigenvalue weighted by molar-refractivity contribution is 6.31. The van der Waals surface area contributed by atoms with Crippen LogP contribution in [0.4, 0.5) is 0 Å². The summed E-state index contributed by atoms with van der Waals surface area (Å²) in [6.07, 6.45) is 1.12. The maximum Gasteiger partial charge on any atom is 0.243 e. The average Bonchev–Trinajstić information content (AvgIpc) is 2.89. The lowest BCUT2D eigenvalue weighted by Gasteiger charge is -2.34. The van der Waals surface area contributed by atoms with Gasteiger partial charge in [-0.25, -0.2) is 0 Å². The first-order valence-electron chi connectivity index (χ1n) is 12.8. The Balaban J connectivity index is 1.80. The second-order valence-electron chi connectivity index (χ2n) is 10.2. The molecule has 1 N–H and O–H groups in total. The summed E-state index contributed by atoms with van der Waals surface area (Å²) in [5.41, 5.74) is 1.32. The summed E-state index contributed by atoms with van der Waals surface area (Å²) >= 11 is 6.47. The summed E-state index contributed by atoms with van der Waals surface area (Å²) in [7, 11) is 1.61. The molecule has 3 aromatic carbocycles. The zero-order valence-electron chi connectivity index (χ0n) is 22.6. The normalized spacial score (nSPS) is 11.9. The SMILES string of the molecule is COc1ccc(OCCCC(=O)N(Cc2ccccc2Cl)[C@H](Cc2ccccc2)C(=O)NC(C)(C)C)cc1. The number of ether oxygens (including phenoxy) is 2. The quantitative estimate of drug-likeness (QED) is 0.286. The third kappa shape index (κ3) is 9.10. The minimum atomic E-state index is -0.706. The summed E-state index contributed by atoms with van der Waals surface area (Å²) in [6.45, 7) is 6.39. The first-order valence-corrected chi connectivity index (χ1v) is 13.2. The van der Waals surface area contributed by atoms with Crippen molar-refractivity contribution in [1.29, 1.82) is 0 Å². The molecule has 202 valence electrons. The topological polar surface area (TPSA) is 67.9 Å². The molecule has 0 saturated carbocycles. The molecule has 0 fully saturated rings. The number of nitrogens with zero attached hydrogens (tertiary/aromatic N) is 1. The van der Waals surface area contributed by atoms with Crippen LogP contribution < -0.4 is 14.8 Å². The van der Waals surface area contributed by atoms with E-state index < -0.39 is 11.6 Å². The number of benzene rings is 3. The molecule has 0 aromatic heterocycles. The molecule has 0 aliphatic rings. The molecule has 0 aliphatic heterocycles. The lowest BCUT2D eigenvalue weighted by molar-refractivity contribution is -0.142. The third-order valence-corrected chi connectivity index (χ3v) is 6.30. The fourth-order valence-corrected chi connectivity index (χ4v) is 4.24. The van der Waals surface area contributed by atoms with Gasteiger partial charge in [-0.3, -0.25) is 9.59 Å². The summed E-state index contributed by atoms with van der Waals surface area (Å²) in [5.74, 6) is 1.13. The van der Waals surface area contributed by atoms with E-state index >= 15 is 0 Å². The highest BCUT2D eigenvalue weighted by atomic mass is 35.5. The Morgan fingerprint density at radius 3 is 2.18 bits per heavy atom. The monoisotopic (exact) mass is 536 g/mol. The van der Waals surface area contributed by atoms with Crippen LogP contribution >= 0.6 is 11.6 Å². The van der Waals surface area contributed by atoms with E-state index in [0.717, 1.165) is 16.9 Å². The molecule has 6 nitrogen and oxygen atoms in total. The van der Waals surface area contributed by atoms with Gasteiger partial charge >= 0.3 is 0 Å². The zero-order chi connectivity index (χ0) is 27.5. The van der Waals surface area contributed by atoms with Gasteiger partial charge in [0.15, 0.2) is 0 Å². The standard InChI is InChI=1S/C31H37ClN2O4/c1-31(2,3)33-30(36)28(21-23-11-6-5-7-12-23)34(22-24-13-8-9-14-27(24)32)29(35)15-10-20-38-26-18-16-25(37-4)17-19-26/h5-9,11-14,16-19,28H,10,15,20-22H2,1-4H3,(H,33,36)/t28-/m1/s1. The Kier molecular flexibility index (Phi) is 10.6. The molecule has 7 heteroatoms. The smallest absolute Gasteiger partial charge is 0.243 e. The number of methoxy groups -OCH3 is 1. The molecule has 38 heavy (non-hydrogen) atoms. The number of carbonyl (C=O) groups excluding carboxylic acids is 2. The van der Waals surface area contributed by atoms with Crippen molar-refractivity contribution in [1.82, 2.24) is 10.2 Å². The molecule has 0 spiro atoms. The first-order chi connectivity index (χ1) is 18.2. The molecule has 0 bridgehead atoms. The number of hydrogen-bond acceptors (Lipinski definition) is 4. The first kappa shape index (κ1) is 29.1.